The number of carbonyl (C=O) groups is 1. The first kappa shape index (κ1) is 33.3. The molecule has 2 N–H and O–H groups in total. The van der Waals surface area contributed by atoms with Crippen molar-refractivity contribution in [2.45, 2.75) is 43.2 Å². The number of rotatable bonds is 10. The Balaban J connectivity index is 1.00. The number of benzene rings is 1. The molecule has 0 unspecified atom stereocenters. The van der Waals surface area contributed by atoms with Gasteiger partial charge in [-0.1, -0.05) is 5.21 Å². The number of pyridine rings is 3. The molecule has 5 aromatic heterocycles. The summed E-state index contributed by atoms with van der Waals surface area (Å²) in [4.78, 5) is 51.1. The maximum atomic E-state index is 15.1. The van der Waals surface area contributed by atoms with E-state index in [0.29, 0.717) is 40.3 Å². The molecule has 0 radical (unpaired) electrons. The summed E-state index contributed by atoms with van der Waals surface area (Å²) < 4.78 is 61.7. The summed E-state index contributed by atoms with van der Waals surface area (Å²) in [6, 6.07) is 7.82. The van der Waals surface area contributed by atoms with E-state index in [1.807, 2.05) is 4.72 Å². The third-order valence-corrected chi connectivity index (χ3v) is 9.63. The van der Waals surface area contributed by atoms with Gasteiger partial charge in [0.05, 0.1) is 64.0 Å². The molecule has 6 aromatic rings. The van der Waals surface area contributed by atoms with Crippen molar-refractivity contribution in [3.8, 4) is 11.4 Å². The van der Waals surface area contributed by atoms with Crippen LogP contribution in [-0.2, 0) is 23.5 Å². The number of aryl methyl sites for hydroxylation is 1. The Morgan fingerprint density at radius 1 is 1.00 bits per heavy atom. The quantitative estimate of drug-likeness (QED) is 0.214. The van der Waals surface area contributed by atoms with Crippen molar-refractivity contribution in [1.29, 1.82) is 0 Å². The first-order valence-corrected chi connectivity index (χ1v) is 17.1. The van der Waals surface area contributed by atoms with E-state index in [1.165, 1.54) is 65.3 Å². The first-order valence-electron chi connectivity index (χ1n) is 15.6. The van der Waals surface area contributed by atoms with Gasteiger partial charge < -0.3 is 5.32 Å². The molecule has 1 amide bonds. The van der Waals surface area contributed by atoms with Gasteiger partial charge in [0.2, 0.25) is 0 Å². The zero-order valence-corrected chi connectivity index (χ0v) is 27.8. The Kier molecular flexibility index (Phi) is 8.46. The number of hydrogen-bond acceptors (Lipinski definition) is 10. The van der Waals surface area contributed by atoms with Crippen LogP contribution < -0.4 is 21.3 Å². The van der Waals surface area contributed by atoms with Gasteiger partial charge in [0.25, 0.3) is 21.5 Å². The fourth-order valence-electron chi connectivity index (χ4n) is 5.49. The molecule has 0 spiro atoms. The summed E-state index contributed by atoms with van der Waals surface area (Å²) in [5.41, 5.74) is -0.0793. The van der Waals surface area contributed by atoms with Crippen LogP contribution in [0.3, 0.4) is 0 Å². The first-order chi connectivity index (χ1) is 24.4. The predicted octanol–water partition coefficient (Wildman–Crippen LogP) is 2.77. The highest BCUT2D eigenvalue weighted by Crippen LogP contribution is 2.38. The molecule has 1 saturated carbocycles. The molecule has 18 heteroatoms. The fourth-order valence-corrected chi connectivity index (χ4v) is 6.48. The Morgan fingerprint density at radius 3 is 2.47 bits per heavy atom. The van der Waals surface area contributed by atoms with Crippen molar-refractivity contribution in [1.82, 2.24) is 44.4 Å². The van der Waals surface area contributed by atoms with Gasteiger partial charge in [0.1, 0.15) is 11.6 Å². The van der Waals surface area contributed by atoms with Crippen molar-refractivity contribution in [3.05, 3.63) is 123 Å². The van der Waals surface area contributed by atoms with Gasteiger partial charge in [-0.15, -0.1) is 5.10 Å². The Hall–Kier alpha value is -6.17. The Labute approximate surface area is 287 Å². The van der Waals surface area contributed by atoms with Gasteiger partial charge in [-0.25, -0.2) is 27.8 Å². The fraction of sp³-hybridized carbons (Fsp3) is 0.212. The molecule has 0 bridgehead atoms. The third kappa shape index (κ3) is 6.60. The Morgan fingerprint density at radius 2 is 1.76 bits per heavy atom. The molecular formula is C33H28F2N10O5S. The smallest absolute Gasteiger partial charge is 0.335 e. The number of anilines is 1. The minimum atomic E-state index is -4.43. The number of nitrogens with one attached hydrogen (secondary N) is 2. The van der Waals surface area contributed by atoms with Gasteiger partial charge in [-0.05, 0) is 56.2 Å². The second-order valence-corrected chi connectivity index (χ2v) is 13.7. The topological polar surface area (TPSA) is 189 Å². The van der Waals surface area contributed by atoms with Crippen LogP contribution >= 0.6 is 0 Å². The largest absolute Gasteiger partial charge is 0.349 e. The van der Waals surface area contributed by atoms with Crippen LogP contribution in [-0.4, -0.2) is 59.4 Å². The van der Waals surface area contributed by atoms with Crippen molar-refractivity contribution < 1.29 is 22.0 Å². The standard InChI is InChI=1S/C33H28F2N10O5S/c1-18(11-20-5-6-22(15-37-20)45-32(47)23-9-10-36-16-29(23)43(2)33(45)48)39-31(46)24-12-26(35)27(13-25(24)34)41-51(49,50)30-8-7-21(14-38-30)44-17-28(40-42-44)19-3-4-19/h5-10,12-19,41H,3-4,11H2,1-2H3,(H,39,46)/t18-/m0/s1. The number of sulfonamides is 1. The molecule has 260 valence electrons. The van der Waals surface area contributed by atoms with Crippen molar-refractivity contribution in [3.63, 3.8) is 0 Å². The summed E-state index contributed by atoms with van der Waals surface area (Å²) >= 11 is 0. The number of carbonyl (C=O) groups excluding carboxylic acids is 1. The summed E-state index contributed by atoms with van der Waals surface area (Å²) in [5, 5.41) is 10.6. The van der Waals surface area contributed by atoms with Gasteiger partial charge in [-0.3, -0.25) is 28.8 Å². The highest BCUT2D eigenvalue weighted by Gasteiger charge is 2.27. The van der Waals surface area contributed by atoms with Crippen LogP contribution in [0, 0.1) is 11.6 Å². The van der Waals surface area contributed by atoms with E-state index in [-0.39, 0.29) is 12.1 Å². The lowest BCUT2D eigenvalue weighted by Gasteiger charge is -2.15. The van der Waals surface area contributed by atoms with E-state index in [9.17, 15) is 22.8 Å². The molecule has 1 aliphatic carbocycles. The molecule has 0 saturated heterocycles. The maximum absolute atomic E-state index is 15.1. The lowest BCUT2D eigenvalue weighted by atomic mass is 10.1. The van der Waals surface area contributed by atoms with Crippen LogP contribution in [0.4, 0.5) is 14.5 Å². The van der Waals surface area contributed by atoms with E-state index in [1.54, 1.807) is 19.2 Å². The molecule has 0 aliphatic heterocycles. The summed E-state index contributed by atoms with van der Waals surface area (Å²) in [5.74, 6) is -2.92. The number of amides is 1. The monoisotopic (exact) mass is 714 g/mol. The second-order valence-electron chi connectivity index (χ2n) is 12.1. The van der Waals surface area contributed by atoms with Gasteiger partial charge >= 0.3 is 5.69 Å². The minimum absolute atomic E-state index is 0.161. The molecule has 1 aliphatic rings. The van der Waals surface area contributed by atoms with Crippen molar-refractivity contribution >= 4 is 32.5 Å². The molecule has 5 heterocycles. The lowest BCUT2D eigenvalue weighted by Crippen LogP contribution is -2.38. The average Bonchev–Trinajstić information content (AvgIpc) is 3.85. The van der Waals surface area contributed by atoms with Gasteiger partial charge in [0.15, 0.2) is 5.03 Å². The summed E-state index contributed by atoms with van der Waals surface area (Å²) in [7, 11) is -2.91. The molecular weight excluding hydrogens is 686 g/mol. The Bertz CT molecular complexity index is 2550. The zero-order chi connectivity index (χ0) is 36.0. The van der Waals surface area contributed by atoms with E-state index in [0.717, 1.165) is 23.1 Å². The van der Waals surface area contributed by atoms with E-state index >= 15 is 8.78 Å². The zero-order valence-electron chi connectivity index (χ0n) is 27.0. The van der Waals surface area contributed by atoms with Crippen molar-refractivity contribution in [2.24, 2.45) is 7.05 Å². The number of nitrogens with zero attached hydrogens (tertiary/aromatic N) is 8. The molecule has 51 heavy (non-hydrogen) atoms. The third-order valence-electron chi connectivity index (χ3n) is 8.35. The van der Waals surface area contributed by atoms with Crippen molar-refractivity contribution in [2.75, 3.05) is 4.72 Å². The second kappa shape index (κ2) is 12.9. The highest BCUT2D eigenvalue weighted by atomic mass is 32.2. The molecule has 1 aromatic carbocycles. The van der Waals surface area contributed by atoms with Crippen LogP contribution in [0.15, 0.2) is 88.1 Å². The summed E-state index contributed by atoms with van der Waals surface area (Å²) in [6.07, 6.45) is 9.48. The molecule has 1 atom stereocenters. The van der Waals surface area contributed by atoms with Gasteiger partial charge in [0, 0.05) is 43.4 Å². The van der Waals surface area contributed by atoms with Crippen LogP contribution in [0.2, 0.25) is 0 Å². The maximum Gasteiger partial charge on any atom is 0.335 e. The van der Waals surface area contributed by atoms with Gasteiger partial charge in [-0.2, -0.15) is 8.42 Å². The van der Waals surface area contributed by atoms with Crippen LogP contribution in [0.25, 0.3) is 22.3 Å². The number of aromatic nitrogens is 8. The van der Waals surface area contributed by atoms with E-state index in [2.05, 4.69) is 30.6 Å². The normalized spacial score (nSPS) is 13.6. The van der Waals surface area contributed by atoms with Crippen LogP contribution in [0.1, 0.15) is 47.4 Å². The van der Waals surface area contributed by atoms with E-state index in [4.69, 9.17) is 0 Å². The minimum Gasteiger partial charge on any atom is -0.349 e. The van der Waals surface area contributed by atoms with E-state index < -0.39 is 61.1 Å². The molecule has 15 nitrogen and oxygen atoms in total. The summed E-state index contributed by atoms with van der Waals surface area (Å²) in [6.45, 7) is 1.62. The highest BCUT2D eigenvalue weighted by molar-refractivity contribution is 7.92. The SMILES string of the molecule is C[C@@H](Cc1ccc(-n2c(=O)c3ccncc3n(C)c2=O)cn1)NC(=O)c1cc(F)c(NS(=O)(=O)c2ccc(-n3cc(C4CC4)nn3)cn2)cc1F. The lowest BCUT2D eigenvalue weighted by molar-refractivity contribution is 0.0935. The predicted molar refractivity (Wildman–Crippen MR) is 179 cm³/mol. The number of halogens is 2. The van der Waals surface area contributed by atoms with Crippen LogP contribution in [0.5, 0.6) is 0 Å². The molecule has 1 fully saturated rings. The number of fused-ring (bicyclic) bond motifs is 1. The average molecular weight is 715 g/mol. The molecule has 7 rings (SSSR count). The number of hydrogen-bond donors (Lipinski definition) is 2.